The fraction of sp³-hybridized carbons (Fsp3) is 0.200. The van der Waals surface area contributed by atoms with Gasteiger partial charge in [0.2, 0.25) is 0 Å². The maximum absolute atomic E-state index is 5.34. The van der Waals surface area contributed by atoms with Gasteiger partial charge in [-0.15, -0.1) is 0 Å². The Kier molecular flexibility index (Phi) is 3.60. The zero-order chi connectivity index (χ0) is 13.9. The van der Waals surface area contributed by atoms with Crippen molar-refractivity contribution in [1.82, 2.24) is 5.43 Å². The molecule has 0 fully saturated rings. The molecular weight excluding hydrogens is 270 g/mol. The Labute approximate surface area is 122 Å². The van der Waals surface area contributed by atoms with E-state index in [-0.39, 0.29) is 0 Å². The van der Waals surface area contributed by atoms with Crippen molar-refractivity contribution >= 4 is 28.3 Å². The van der Waals surface area contributed by atoms with Crippen molar-refractivity contribution in [2.45, 2.75) is 13.8 Å². The number of aryl methyl sites for hydroxylation is 2. The van der Waals surface area contributed by atoms with Crippen LogP contribution in [0.5, 0.6) is 0 Å². The maximum Gasteiger partial charge on any atom is 0.182 e. The summed E-state index contributed by atoms with van der Waals surface area (Å²) in [5.74, 6) is 1.56. The second-order valence-electron chi connectivity index (χ2n) is 4.59. The van der Waals surface area contributed by atoms with Crippen LogP contribution in [0.3, 0.4) is 0 Å². The molecule has 102 valence electrons. The maximum atomic E-state index is 5.34. The summed E-state index contributed by atoms with van der Waals surface area (Å²) in [6, 6.07) is 9.95. The number of hydrogen-bond acceptors (Lipinski definition) is 4. The average molecular weight is 285 g/mol. The standard InChI is InChI=1S/C15H15N3OS/c1-10-5-3-6-11(2)14(10)16-15-18-17-12(9-20-15)13-7-4-8-19-13/h3-8H,9H2,1-2H3,(H,16,18). The van der Waals surface area contributed by atoms with E-state index in [2.05, 4.69) is 41.5 Å². The third-order valence-electron chi connectivity index (χ3n) is 3.09. The predicted octanol–water partition coefficient (Wildman–Crippen LogP) is 3.62. The van der Waals surface area contributed by atoms with E-state index in [0.717, 1.165) is 28.1 Å². The summed E-state index contributed by atoms with van der Waals surface area (Å²) in [7, 11) is 0. The number of hydrazone groups is 1. The molecule has 0 unspecified atom stereocenters. The number of nitrogens with one attached hydrogen (secondary N) is 1. The van der Waals surface area contributed by atoms with Gasteiger partial charge in [-0.25, -0.2) is 4.99 Å². The van der Waals surface area contributed by atoms with Gasteiger partial charge in [0.15, 0.2) is 10.9 Å². The lowest BCUT2D eigenvalue weighted by molar-refractivity contribution is 0.556. The molecule has 2 aromatic rings. The molecule has 1 aliphatic rings. The van der Waals surface area contributed by atoms with Crippen molar-refractivity contribution < 1.29 is 4.42 Å². The molecule has 5 heteroatoms. The molecule has 0 spiro atoms. The average Bonchev–Trinajstić information content (AvgIpc) is 2.98. The van der Waals surface area contributed by atoms with Crippen LogP contribution in [0.4, 0.5) is 5.69 Å². The topological polar surface area (TPSA) is 49.9 Å². The molecule has 0 amide bonds. The summed E-state index contributed by atoms with van der Waals surface area (Å²) < 4.78 is 5.34. The minimum Gasteiger partial charge on any atom is -0.463 e. The van der Waals surface area contributed by atoms with E-state index in [9.17, 15) is 0 Å². The lowest BCUT2D eigenvalue weighted by atomic mass is 10.1. The van der Waals surface area contributed by atoms with Gasteiger partial charge in [-0.1, -0.05) is 30.0 Å². The van der Waals surface area contributed by atoms with Crippen LogP contribution in [0.2, 0.25) is 0 Å². The lowest BCUT2D eigenvalue weighted by Gasteiger charge is -2.14. The summed E-state index contributed by atoms with van der Waals surface area (Å²) >= 11 is 1.63. The van der Waals surface area contributed by atoms with Crippen LogP contribution in [-0.4, -0.2) is 16.6 Å². The predicted molar refractivity (Wildman–Crippen MR) is 83.8 cm³/mol. The van der Waals surface area contributed by atoms with Crippen molar-refractivity contribution in [3.8, 4) is 0 Å². The number of para-hydroxylation sites is 1. The van der Waals surface area contributed by atoms with E-state index in [1.807, 2.05) is 18.2 Å². The van der Waals surface area contributed by atoms with Crippen LogP contribution in [0.15, 0.2) is 51.1 Å². The van der Waals surface area contributed by atoms with Crippen LogP contribution in [0.25, 0.3) is 0 Å². The molecule has 4 nitrogen and oxygen atoms in total. The largest absolute Gasteiger partial charge is 0.463 e. The normalized spacial score (nSPS) is 16.9. The Morgan fingerprint density at radius 1 is 1.20 bits per heavy atom. The molecule has 3 rings (SSSR count). The number of amidine groups is 1. The molecule has 0 saturated carbocycles. The molecule has 1 N–H and O–H groups in total. The number of aliphatic imine (C=N–C) groups is 1. The highest BCUT2D eigenvalue weighted by atomic mass is 32.2. The Bertz CT molecular complexity index is 654. The van der Waals surface area contributed by atoms with Gasteiger partial charge in [-0.05, 0) is 37.1 Å². The van der Waals surface area contributed by atoms with Gasteiger partial charge >= 0.3 is 0 Å². The fourth-order valence-electron chi connectivity index (χ4n) is 2.03. The summed E-state index contributed by atoms with van der Waals surface area (Å²) in [6.45, 7) is 4.13. The molecule has 2 heterocycles. The zero-order valence-corrected chi connectivity index (χ0v) is 12.2. The lowest BCUT2D eigenvalue weighted by Crippen LogP contribution is -2.25. The zero-order valence-electron chi connectivity index (χ0n) is 11.4. The van der Waals surface area contributed by atoms with Crippen molar-refractivity contribution in [2.24, 2.45) is 10.1 Å². The molecule has 0 aliphatic carbocycles. The Balaban J connectivity index is 1.83. The number of benzene rings is 1. The van der Waals surface area contributed by atoms with Crippen LogP contribution in [-0.2, 0) is 0 Å². The third kappa shape index (κ3) is 2.63. The first-order valence-corrected chi connectivity index (χ1v) is 7.37. The first-order valence-electron chi connectivity index (χ1n) is 6.38. The SMILES string of the molecule is Cc1cccc(C)c1N=C1NN=C(c2ccco2)CS1. The summed E-state index contributed by atoms with van der Waals surface area (Å²) in [6.07, 6.45) is 1.66. The van der Waals surface area contributed by atoms with Crippen molar-refractivity contribution in [2.75, 3.05) is 5.75 Å². The van der Waals surface area contributed by atoms with Crippen molar-refractivity contribution in [3.63, 3.8) is 0 Å². The van der Waals surface area contributed by atoms with Crippen molar-refractivity contribution in [3.05, 3.63) is 53.5 Å². The molecule has 1 aromatic heterocycles. The monoisotopic (exact) mass is 285 g/mol. The number of furan rings is 1. The molecular formula is C15H15N3OS. The highest BCUT2D eigenvalue weighted by Crippen LogP contribution is 2.25. The number of nitrogens with zero attached hydrogens (tertiary/aromatic N) is 2. The van der Waals surface area contributed by atoms with E-state index >= 15 is 0 Å². The number of rotatable bonds is 2. The Morgan fingerprint density at radius 2 is 2.00 bits per heavy atom. The Morgan fingerprint density at radius 3 is 2.60 bits per heavy atom. The number of hydrogen-bond donors (Lipinski definition) is 1. The first kappa shape index (κ1) is 13.0. The van der Waals surface area contributed by atoms with Gasteiger partial charge in [-0.3, -0.25) is 5.43 Å². The van der Waals surface area contributed by atoms with Gasteiger partial charge in [0, 0.05) is 5.75 Å². The van der Waals surface area contributed by atoms with Gasteiger partial charge in [-0.2, -0.15) is 5.10 Å². The molecule has 1 aromatic carbocycles. The van der Waals surface area contributed by atoms with Gasteiger partial charge in [0.25, 0.3) is 0 Å². The van der Waals surface area contributed by atoms with Crippen molar-refractivity contribution in [1.29, 1.82) is 0 Å². The molecule has 1 aliphatic heterocycles. The van der Waals surface area contributed by atoms with E-state index in [0.29, 0.717) is 0 Å². The minimum absolute atomic E-state index is 0.754. The molecule has 20 heavy (non-hydrogen) atoms. The van der Waals surface area contributed by atoms with Crippen LogP contribution in [0, 0.1) is 13.8 Å². The fourth-order valence-corrected chi connectivity index (χ4v) is 2.77. The van der Waals surface area contributed by atoms with E-state index in [1.54, 1.807) is 18.0 Å². The summed E-state index contributed by atoms with van der Waals surface area (Å²) in [4.78, 5) is 4.66. The van der Waals surface area contributed by atoms with Gasteiger partial charge in [0.1, 0.15) is 5.71 Å². The van der Waals surface area contributed by atoms with Gasteiger partial charge in [0.05, 0.1) is 12.0 Å². The van der Waals surface area contributed by atoms with Gasteiger partial charge < -0.3 is 4.42 Å². The molecule has 0 bridgehead atoms. The summed E-state index contributed by atoms with van der Waals surface area (Å²) in [5.41, 5.74) is 7.25. The molecule has 0 saturated heterocycles. The third-order valence-corrected chi connectivity index (χ3v) is 3.96. The minimum atomic E-state index is 0.754. The van der Waals surface area contributed by atoms with Crippen LogP contribution < -0.4 is 5.43 Å². The van der Waals surface area contributed by atoms with E-state index < -0.39 is 0 Å². The summed E-state index contributed by atoms with van der Waals surface area (Å²) in [5, 5.41) is 5.15. The van der Waals surface area contributed by atoms with Crippen LogP contribution in [0.1, 0.15) is 16.9 Å². The Hall–Kier alpha value is -2.01. The molecule has 0 radical (unpaired) electrons. The quantitative estimate of drug-likeness (QED) is 0.916. The highest BCUT2D eigenvalue weighted by molar-refractivity contribution is 8.14. The second kappa shape index (κ2) is 5.54. The second-order valence-corrected chi connectivity index (χ2v) is 5.56. The van der Waals surface area contributed by atoms with E-state index in [4.69, 9.17) is 4.42 Å². The van der Waals surface area contributed by atoms with Crippen LogP contribution >= 0.6 is 11.8 Å². The molecule has 0 atom stereocenters. The smallest absolute Gasteiger partial charge is 0.182 e. The first-order chi connectivity index (χ1) is 9.74. The highest BCUT2D eigenvalue weighted by Gasteiger charge is 2.15. The number of thioether (sulfide) groups is 1. The van der Waals surface area contributed by atoms with E-state index in [1.165, 1.54) is 11.1 Å².